The van der Waals surface area contributed by atoms with Crippen molar-refractivity contribution in [2.24, 2.45) is 5.92 Å². The Labute approximate surface area is 117 Å². The summed E-state index contributed by atoms with van der Waals surface area (Å²) < 4.78 is 0. The Morgan fingerprint density at radius 1 is 1.58 bits per heavy atom. The van der Waals surface area contributed by atoms with Gasteiger partial charge in [-0.15, -0.1) is 11.3 Å². The zero-order valence-electron chi connectivity index (χ0n) is 11.3. The summed E-state index contributed by atoms with van der Waals surface area (Å²) in [5.41, 5.74) is 0.792. The van der Waals surface area contributed by atoms with Crippen LogP contribution in [0, 0.1) is 5.92 Å². The summed E-state index contributed by atoms with van der Waals surface area (Å²) in [6.45, 7) is 4.43. The van der Waals surface area contributed by atoms with Gasteiger partial charge in [0.25, 0.3) is 0 Å². The van der Waals surface area contributed by atoms with Crippen molar-refractivity contribution in [2.75, 3.05) is 6.54 Å². The van der Waals surface area contributed by atoms with Crippen LogP contribution in [0.1, 0.15) is 43.2 Å². The summed E-state index contributed by atoms with van der Waals surface area (Å²) in [7, 11) is 0. The normalized spacial score (nSPS) is 19.9. The van der Waals surface area contributed by atoms with Crippen LogP contribution >= 0.6 is 11.3 Å². The van der Waals surface area contributed by atoms with Gasteiger partial charge in [0.15, 0.2) is 6.04 Å². The molecule has 2 atom stereocenters. The first-order valence-corrected chi connectivity index (χ1v) is 7.53. The standard InChI is InChI=1S/C14H19NO3S/c1-3-4-9(2)13(16)15-7-5-11-10(6-8-19-11)12(15)14(17)18/h6,8-9,12H,3-5,7H2,1-2H3,(H,17,18). The number of carboxylic acids is 1. The first-order chi connectivity index (χ1) is 9.06. The Kier molecular flexibility index (Phi) is 4.24. The van der Waals surface area contributed by atoms with Gasteiger partial charge in [-0.3, -0.25) is 4.79 Å². The van der Waals surface area contributed by atoms with Gasteiger partial charge in [0.1, 0.15) is 0 Å². The van der Waals surface area contributed by atoms with E-state index in [4.69, 9.17) is 0 Å². The number of rotatable bonds is 4. The van der Waals surface area contributed by atoms with Gasteiger partial charge in [-0.25, -0.2) is 4.79 Å². The topological polar surface area (TPSA) is 57.6 Å². The number of carboxylic acid groups (broad SMARTS) is 1. The lowest BCUT2D eigenvalue weighted by Gasteiger charge is -2.34. The van der Waals surface area contributed by atoms with Gasteiger partial charge in [-0.2, -0.15) is 0 Å². The SMILES string of the molecule is CCCC(C)C(=O)N1CCc2sccc2C1C(=O)O. The van der Waals surface area contributed by atoms with Crippen LogP contribution in [-0.4, -0.2) is 28.4 Å². The molecule has 1 aliphatic heterocycles. The van der Waals surface area contributed by atoms with Gasteiger partial charge in [-0.1, -0.05) is 20.3 Å². The van der Waals surface area contributed by atoms with E-state index < -0.39 is 12.0 Å². The summed E-state index contributed by atoms with van der Waals surface area (Å²) >= 11 is 1.58. The predicted octanol–water partition coefficient (Wildman–Crippen LogP) is 2.69. The smallest absolute Gasteiger partial charge is 0.331 e. The monoisotopic (exact) mass is 281 g/mol. The number of aliphatic carboxylic acids is 1. The minimum absolute atomic E-state index is 0.0360. The maximum Gasteiger partial charge on any atom is 0.331 e. The van der Waals surface area contributed by atoms with E-state index in [0.717, 1.165) is 29.7 Å². The Morgan fingerprint density at radius 3 is 2.95 bits per heavy atom. The van der Waals surface area contributed by atoms with Crippen LogP contribution in [0.3, 0.4) is 0 Å². The molecule has 2 unspecified atom stereocenters. The maximum atomic E-state index is 12.4. The second-order valence-electron chi connectivity index (χ2n) is 5.01. The summed E-state index contributed by atoms with van der Waals surface area (Å²) in [4.78, 5) is 26.6. The molecule has 0 aliphatic carbocycles. The quantitative estimate of drug-likeness (QED) is 0.923. The molecule has 104 valence electrons. The molecule has 19 heavy (non-hydrogen) atoms. The zero-order valence-corrected chi connectivity index (χ0v) is 12.1. The molecule has 5 heteroatoms. The van der Waals surface area contributed by atoms with Crippen LogP contribution < -0.4 is 0 Å². The van der Waals surface area contributed by atoms with E-state index >= 15 is 0 Å². The molecule has 1 amide bonds. The molecule has 2 heterocycles. The van der Waals surface area contributed by atoms with Gasteiger partial charge in [0.05, 0.1) is 0 Å². The van der Waals surface area contributed by atoms with E-state index in [9.17, 15) is 14.7 Å². The fraction of sp³-hybridized carbons (Fsp3) is 0.571. The third-order valence-corrected chi connectivity index (χ3v) is 4.62. The van der Waals surface area contributed by atoms with Gasteiger partial charge >= 0.3 is 5.97 Å². The third kappa shape index (κ3) is 2.66. The minimum Gasteiger partial charge on any atom is -0.479 e. The molecule has 1 N–H and O–H groups in total. The van der Waals surface area contributed by atoms with E-state index in [2.05, 4.69) is 0 Å². The Morgan fingerprint density at radius 2 is 2.32 bits per heavy atom. The van der Waals surface area contributed by atoms with Crippen molar-refractivity contribution in [1.29, 1.82) is 0 Å². The molecule has 0 spiro atoms. The minimum atomic E-state index is -0.934. The summed E-state index contributed by atoms with van der Waals surface area (Å²) in [5, 5.41) is 11.4. The lowest BCUT2D eigenvalue weighted by atomic mass is 9.96. The van der Waals surface area contributed by atoms with Crippen molar-refractivity contribution >= 4 is 23.2 Å². The average molecular weight is 281 g/mol. The molecule has 0 radical (unpaired) electrons. The second kappa shape index (κ2) is 5.74. The van der Waals surface area contributed by atoms with Crippen molar-refractivity contribution in [3.63, 3.8) is 0 Å². The molecule has 0 saturated heterocycles. The highest BCUT2D eigenvalue weighted by molar-refractivity contribution is 7.10. The van der Waals surface area contributed by atoms with Crippen LogP contribution in [0.5, 0.6) is 0 Å². The lowest BCUT2D eigenvalue weighted by molar-refractivity contribution is -0.152. The zero-order chi connectivity index (χ0) is 14.0. The molecular weight excluding hydrogens is 262 g/mol. The second-order valence-corrected chi connectivity index (χ2v) is 6.01. The highest BCUT2D eigenvalue weighted by atomic mass is 32.1. The molecule has 0 fully saturated rings. The number of fused-ring (bicyclic) bond motifs is 1. The molecule has 4 nitrogen and oxygen atoms in total. The first kappa shape index (κ1) is 14.1. The number of carbonyl (C=O) groups excluding carboxylic acids is 1. The van der Waals surface area contributed by atoms with Crippen molar-refractivity contribution in [2.45, 2.75) is 39.2 Å². The number of thiophene rings is 1. The van der Waals surface area contributed by atoms with Crippen LogP contribution in [-0.2, 0) is 16.0 Å². The summed E-state index contributed by atoms with van der Waals surface area (Å²) in [6, 6.07) is 1.03. The Hall–Kier alpha value is -1.36. The van der Waals surface area contributed by atoms with Gasteiger partial charge in [0, 0.05) is 17.3 Å². The van der Waals surface area contributed by atoms with Crippen molar-refractivity contribution in [3.05, 3.63) is 21.9 Å². The van der Waals surface area contributed by atoms with Crippen LogP contribution in [0.25, 0.3) is 0 Å². The molecular formula is C14H19NO3S. The number of carbonyl (C=O) groups is 2. The summed E-state index contributed by atoms with van der Waals surface area (Å²) in [6.07, 6.45) is 2.50. The highest BCUT2D eigenvalue weighted by Crippen LogP contribution is 2.34. The maximum absolute atomic E-state index is 12.4. The van der Waals surface area contributed by atoms with E-state index in [1.807, 2.05) is 25.3 Å². The third-order valence-electron chi connectivity index (χ3n) is 3.63. The average Bonchev–Trinajstić information content (AvgIpc) is 2.84. The molecule has 0 saturated carbocycles. The van der Waals surface area contributed by atoms with Crippen LogP contribution in [0.4, 0.5) is 0 Å². The molecule has 1 aliphatic rings. The summed E-state index contributed by atoms with van der Waals surface area (Å²) in [5.74, 6) is -1.07. The number of hydrogen-bond donors (Lipinski definition) is 1. The molecule has 0 aromatic carbocycles. The van der Waals surface area contributed by atoms with Gasteiger partial charge in [-0.05, 0) is 29.9 Å². The van der Waals surface area contributed by atoms with E-state index in [-0.39, 0.29) is 11.8 Å². The lowest BCUT2D eigenvalue weighted by Crippen LogP contribution is -2.45. The largest absolute Gasteiger partial charge is 0.479 e. The predicted molar refractivity (Wildman–Crippen MR) is 74.2 cm³/mol. The van der Waals surface area contributed by atoms with E-state index in [1.165, 1.54) is 4.90 Å². The van der Waals surface area contributed by atoms with Crippen molar-refractivity contribution in [1.82, 2.24) is 4.90 Å². The highest BCUT2D eigenvalue weighted by Gasteiger charge is 2.37. The fourth-order valence-electron chi connectivity index (χ4n) is 2.66. The number of hydrogen-bond acceptors (Lipinski definition) is 3. The van der Waals surface area contributed by atoms with E-state index in [0.29, 0.717) is 6.54 Å². The Bertz CT molecular complexity index is 483. The van der Waals surface area contributed by atoms with Crippen LogP contribution in [0.15, 0.2) is 11.4 Å². The Balaban J connectivity index is 2.26. The van der Waals surface area contributed by atoms with Gasteiger partial charge < -0.3 is 10.0 Å². The molecule has 2 rings (SSSR count). The van der Waals surface area contributed by atoms with Crippen molar-refractivity contribution < 1.29 is 14.7 Å². The molecule has 1 aromatic rings. The number of amides is 1. The van der Waals surface area contributed by atoms with Crippen LogP contribution in [0.2, 0.25) is 0 Å². The molecule has 0 bridgehead atoms. The van der Waals surface area contributed by atoms with Gasteiger partial charge in [0.2, 0.25) is 5.91 Å². The van der Waals surface area contributed by atoms with E-state index in [1.54, 1.807) is 11.3 Å². The fourth-order valence-corrected chi connectivity index (χ4v) is 3.56. The number of nitrogens with zero attached hydrogens (tertiary/aromatic N) is 1. The van der Waals surface area contributed by atoms with Crippen molar-refractivity contribution in [3.8, 4) is 0 Å². The molecule has 1 aromatic heterocycles. The first-order valence-electron chi connectivity index (χ1n) is 6.65.